The summed E-state index contributed by atoms with van der Waals surface area (Å²) < 4.78 is 8.97. The van der Waals surface area contributed by atoms with Crippen molar-refractivity contribution in [2.45, 2.75) is 19.3 Å². The Kier molecular flexibility index (Phi) is 5.78. The first-order valence-electron chi connectivity index (χ1n) is 18.4. The zero-order valence-corrected chi connectivity index (χ0v) is 30.1. The van der Waals surface area contributed by atoms with Crippen molar-refractivity contribution >= 4 is 85.8 Å². The van der Waals surface area contributed by atoms with Crippen molar-refractivity contribution in [1.82, 2.24) is 0 Å². The molecule has 53 heavy (non-hydrogen) atoms. The van der Waals surface area contributed by atoms with Gasteiger partial charge in [-0.05, 0) is 102 Å². The number of benzene rings is 9. The highest BCUT2D eigenvalue weighted by molar-refractivity contribution is 7.26. The molecule has 0 amide bonds. The van der Waals surface area contributed by atoms with Crippen LogP contribution in [0.3, 0.4) is 0 Å². The van der Waals surface area contributed by atoms with E-state index >= 15 is 0 Å². The first-order valence-corrected chi connectivity index (χ1v) is 19.2. The maximum absolute atomic E-state index is 6.27. The molecule has 2 heterocycles. The monoisotopic (exact) mass is 692 g/mol. The molecule has 0 bridgehead atoms. The van der Waals surface area contributed by atoms with Crippen LogP contribution in [-0.2, 0) is 5.41 Å². The fourth-order valence-corrected chi connectivity index (χ4v) is 11.0. The number of fused-ring (bicyclic) bond motifs is 14. The van der Waals surface area contributed by atoms with Crippen LogP contribution in [0.15, 0.2) is 162 Å². The van der Waals surface area contributed by atoms with E-state index in [1.54, 1.807) is 0 Å². The predicted molar refractivity (Wildman–Crippen MR) is 228 cm³/mol. The Balaban J connectivity index is 1.25. The lowest BCUT2D eigenvalue weighted by Crippen LogP contribution is -2.16. The van der Waals surface area contributed by atoms with E-state index in [1.807, 2.05) is 17.4 Å². The first-order chi connectivity index (χ1) is 26.1. The van der Waals surface area contributed by atoms with Crippen LogP contribution in [0.5, 0.6) is 0 Å². The Morgan fingerprint density at radius 2 is 1.00 bits per heavy atom. The van der Waals surface area contributed by atoms with Crippen molar-refractivity contribution < 1.29 is 4.42 Å². The summed E-state index contributed by atoms with van der Waals surface area (Å²) in [5.74, 6) is 0. The van der Waals surface area contributed by atoms with Crippen molar-refractivity contribution in [3.05, 3.63) is 169 Å². The minimum atomic E-state index is -0.196. The van der Waals surface area contributed by atoms with Crippen LogP contribution in [0, 0.1) is 0 Å². The summed E-state index contributed by atoms with van der Waals surface area (Å²) in [6.07, 6.45) is 0. The van der Waals surface area contributed by atoms with Gasteiger partial charge in [-0.1, -0.05) is 141 Å². The molecule has 0 saturated heterocycles. The van der Waals surface area contributed by atoms with Crippen LogP contribution in [-0.4, -0.2) is 0 Å². The number of rotatable bonds is 2. The molecule has 0 unspecified atom stereocenters. The van der Waals surface area contributed by atoms with Crippen molar-refractivity contribution in [2.24, 2.45) is 0 Å². The van der Waals surface area contributed by atoms with E-state index in [2.05, 4.69) is 166 Å². The molecule has 1 nitrogen and oxygen atoms in total. The van der Waals surface area contributed by atoms with Crippen molar-refractivity contribution in [2.75, 3.05) is 0 Å². The second-order valence-electron chi connectivity index (χ2n) is 15.1. The third-order valence-electron chi connectivity index (χ3n) is 12.0. The van der Waals surface area contributed by atoms with E-state index in [4.69, 9.17) is 4.42 Å². The van der Waals surface area contributed by atoms with Crippen LogP contribution >= 0.6 is 11.3 Å². The topological polar surface area (TPSA) is 13.1 Å². The highest BCUT2D eigenvalue weighted by atomic mass is 32.1. The van der Waals surface area contributed by atoms with Gasteiger partial charge in [-0.15, -0.1) is 11.3 Å². The molecule has 1 aliphatic rings. The lowest BCUT2D eigenvalue weighted by molar-refractivity contribution is 0.662. The van der Waals surface area contributed by atoms with Gasteiger partial charge in [-0.2, -0.15) is 0 Å². The SMILES string of the molecule is CC1(C)c2ccccc2-c2c1c(-c1c3ccccc3c(-c3ccc4oc5ccccc5c4c3)c3ccccc13)cc1c2ccc2c3ccccc3sc12. The molecule has 2 aromatic heterocycles. The van der Waals surface area contributed by atoms with Gasteiger partial charge in [0.2, 0.25) is 0 Å². The van der Waals surface area contributed by atoms with Gasteiger partial charge in [-0.25, -0.2) is 0 Å². The van der Waals surface area contributed by atoms with E-state index in [0.717, 1.165) is 21.9 Å². The third kappa shape index (κ3) is 3.86. The highest BCUT2D eigenvalue weighted by Crippen LogP contribution is 2.58. The van der Waals surface area contributed by atoms with E-state index in [0.29, 0.717) is 0 Å². The molecule has 0 atom stereocenters. The Hall–Kier alpha value is -6.22. The molecule has 0 radical (unpaired) electrons. The Morgan fingerprint density at radius 3 is 1.77 bits per heavy atom. The summed E-state index contributed by atoms with van der Waals surface area (Å²) >= 11 is 1.92. The first kappa shape index (κ1) is 29.4. The quantitative estimate of drug-likeness (QED) is 0.164. The molecule has 248 valence electrons. The van der Waals surface area contributed by atoms with Crippen LogP contribution in [0.1, 0.15) is 25.0 Å². The van der Waals surface area contributed by atoms with Gasteiger partial charge in [0, 0.05) is 41.7 Å². The molecule has 11 aromatic rings. The van der Waals surface area contributed by atoms with Crippen LogP contribution in [0.25, 0.3) is 108 Å². The number of thiophene rings is 1. The Bertz CT molecular complexity index is 3320. The number of hydrogen-bond acceptors (Lipinski definition) is 2. The lowest BCUT2D eigenvalue weighted by atomic mass is 9.76. The molecule has 12 rings (SSSR count). The smallest absolute Gasteiger partial charge is 0.135 e. The zero-order chi connectivity index (χ0) is 35.0. The fourth-order valence-electron chi connectivity index (χ4n) is 9.77. The average molecular weight is 693 g/mol. The number of para-hydroxylation sites is 1. The molecule has 1 aliphatic carbocycles. The van der Waals surface area contributed by atoms with E-state index in [9.17, 15) is 0 Å². The average Bonchev–Trinajstić information content (AvgIpc) is 3.84. The van der Waals surface area contributed by atoms with E-state index in [-0.39, 0.29) is 5.41 Å². The molecule has 2 heteroatoms. The van der Waals surface area contributed by atoms with Crippen molar-refractivity contribution in [3.8, 4) is 33.4 Å². The molecule has 9 aromatic carbocycles. The second-order valence-corrected chi connectivity index (χ2v) is 16.2. The summed E-state index contributed by atoms with van der Waals surface area (Å²) in [6.45, 7) is 4.85. The van der Waals surface area contributed by atoms with Gasteiger partial charge >= 0.3 is 0 Å². The van der Waals surface area contributed by atoms with Gasteiger partial charge in [0.25, 0.3) is 0 Å². The van der Waals surface area contributed by atoms with Gasteiger partial charge in [0.1, 0.15) is 11.2 Å². The van der Waals surface area contributed by atoms with Crippen molar-refractivity contribution in [1.29, 1.82) is 0 Å². The van der Waals surface area contributed by atoms with Gasteiger partial charge < -0.3 is 4.42 Å². The highest BCUT2D eigenvalue weighted by Gasteiger charge is 2.39. The fraction of sp³-hybridized carbons (Fsp3) is 0.0588. The predicted octanol–water partition coefficient (Wildman–Crippen LogP) is 15.1. The second kappa shape index (κ2) is 10.4. The molecule has 0 saturated carbocycles. The summed E-state index contributed by atoms with van der Waals surface area (Å²) in [7, 11) is 0. The molecular weight excluding hydrogens is 661 g/mol. The van der Waals surface area contributed by atoms with E-state index < -0.39 is 0 Å². The minimum Gasteiger partial charge on any atom is -0.456 e. The molecular formula is C51H32OS. The largest absolute Gasteiger partial charge is 0.456 e. The normalized spacial score (nSPS) is 13.6. The zero-order valence-electron chi connectivity index (χ0n) is 29.3. The number of hydrogen-bond donors (Lipinski definition) is 0. The summed E-state index contributed by atoms with van der Waals surface area (Å²) in [6, 6.07) is 58.5. The van der Waals surface area contributed by atoms with Gasteiger partial charge in [0.05, 0.1) is 0 Å². The van der Waals surface area contributed by atoms with Crippen molar-refractivity contribution in [3.63, 3.8) is 0 Å². The third-order valence-corrected chi connectivity index (χ3v) is 13.2. The molecule has 0 fully saturated rings. The van der Waals surface area contributed by atoms with Crippen LogP contribution in [0.2, 0.25) is 0 Å². The molecule has 0 aliphatic heterocycles. The Morgan fingerprint density at radius 1 is 0.415 bits per heavy atom. The van der Waals surface area contributed by atoms with Crippen LogP contribution < -0.4 is 0 Å². The lowest BCUT2D eigenvalue weighted by Gasteiger charge is -2.27. The molecule has 0 N–H and O–H groups in total. The minimum absolute atomic E-state index is 0.196. The van der Waals surface area contributed by atoms with Gasteiger partial charge in [-0.3, -0.25) is 0 Å². The summed E-state index contributed by atoms with van der Waals surface area (Å²) in [5.41, 5.74) is 12.3. The Labute approximate surface area is 310 Å². The molecule has 0 spiro atoms. The summed E-state index contributed by atoms with van der Waals surface area (Å²) in [4.78, 5) is 0. The maximum Gasteiger partial charge on any atom is 0.135 e. The number of furan rings is 1. The van der Waals surface area contributed by atoms with Crippen LogP contribution in [0.4, 0.5) is 0 Å². The summed E-state index contributed by atoms with van der Waals surface area (Å²) in [5, 5.41) is 12.7. The van der Waals surface area contributed by atoms with E-state index in [1.165, 1.54) is 97.0 Å². The standard InChI is InChI=1S/C51H32OS/c1-51(2)42-20-10-7-19-38(42)48-36-24-25-37-31-14-9-12-22-45(31)53-50(37)40(36)28-41(49(48)51)47-34-17-5-3-15-32(34)46(33-16-4-6-18-35(33)47)29-23-26-44-39(27-29)30-13-8-11-21-43(30)52-44/h3-28H,1-2H3. The maximum atomic E-state index is 6.27. The van der Waals surface area contributed by atoms with Gasteiger partial charge in [0.15, 0.2) is 0 Å².